The van der Waals surface area contributed by atoms with Gasteiger partial charge in [0.25, 0.3) is 5.91 Å². The van der Waals surface area contributed by atoms with Gasteiger partial charge in [-0.15, -0.1) is 0 Å². The second kappa shape index (κ2) is 14.7. The van der Waals surface area contributed by atoms with Gasteiger partial charge in [-0.2, -0.15) is 0 Å². The van der Waals surface area contributed by atoms with Crippen molar-refractivity contribution in [3.63, 3.8) is 0 Å². The second-order valence-electron chi connectivity index (χ2n) is 13.5. The summed E-state index contributed by atoms with van der Waals surface area (Å²) in [5, 5.41) is 11.4. The molecule has 6 amide bonds. The van der Waals surface area contributed by atoms with E-state index in [4.69, 9.17) is 4.74 Å². The van der Waals surface area contributed by atoms with Crippen LogP contribution >= 0.6 is 10.7 Å². The van der Waals surface area contributed by atoms with Gasteiger partial charge in [-0.3, -0.25) is 14.4 Å². The SMILES string of the molecule is C/C=S(/NC(=O)[C@@]12C[C@H]1/C=C\CCCCC[C@H](NC(=O)OCC)C(=O)N1C[C@H](NC(=O)N3Cc4ccccc4C3)C[C@H]1C(=O)N2)C1CC1. The Hall–Kier alpha value is -3.87. The number of carbonyl (C=O) groups excluding carboxylic acids is 5. The Morgan fingerprint density at radius 1 is 1.06 bits per heavy atom. The molecule has 6 atom stereocenters. The molecular weight excluding hydrogens is 632 g/mol. The zero-order valence-corrected chi connectivity index (χ0v) is 28.7. The summed E-state index contributed by atoms with van der Waals surface area (Å²) in [5.41, 5.74) is 1.09. The largest absolute Gasteiger partial charge is 0.450 e. The zero-order valence-electron chi connectivity index (χ0n) is 27.9. The predicted molar refractivity (Wildman–Crippen MR) is 184 cm³/mol. The lowest BCUT2D eigenvalue weighted by Gasteiger charge is -2.30. The van der Waals surface area contributed by atoms with Gasteiger partial charge in [0.05, 0.1) is 12.6 Å². The van der Waals surface area contributed by atoms with Gasteiger partial charge in [-0.1, -0.05) is 59.9 Å². The molecule has 2 saturated carbocycles. The fourth-order valence-electron chi connectivity index (χ4n) is 7.14. The first-order chi connectivity index (χ1) is 23.2. The van der Waals surface area contributed by atoms with Crippen LogP contribution in [-0.2, 0) is 32.2 Å². The fraction of sp³-hybridized carbons (Fsp3) is 0.600. The lowest BCUT2D eigenvalue weighted by Crippen LogP contribution is -2.57. The molecule has 1 aromatic rings. The van der Waals surface area contributed by atoms with Crippen LogP contribution in [0.1, 0.15) is 82.8 Å². The van der Waals surface area contributed by atoms with Gasteiger partial charge in [-0.05, 0) is 75.3 Å². The molecule has 6 rings (SSSR count). The van der Waals surface area contributed by atoms with Gasteiger partial charge in [0.1, 0.15) is 17.6 Å². The van der Waals surface area contributed by atoms with E-state index >= 15 is 0 Å². The Labute approximate surface area is 284 Å². The number of hydrogen-bond donors (Lipinski definition) is 4. The summed E-state index contributed by atoms with van der Waals surface area (Å²) in [4.78, 5) is 71.5. The molecule has 3 fully saturated rings. The lowest BCUT2D eigenvalue weighted by atomic mass is 10.0. The van der Waals surface area contributed by atoms with Crippen LogP contribution in [0, 0.1) is 5.92 Å². The summed E-state index contributed by atoms with van der Waals surface area (Å²) in [6, 6.07) is 5.32. The Balaban J connectivity index is 1.24. The standard InChI is InChI=1S/C35H48N6O6S/c1-3-47-34(46)37-28-15-9-7-5-6-8-14-25-19-35(25,32(44)39-48(4-2)27-16-17-27)38-30(42)29-18-26(22-41(29)31(28)43)36-33(45)40-20-23-12-10-11-13-24(23)21-40/h4,8,10-14,25-29H,3,5-7,9,15-22H2,1-2H3,(H,36,45)(H,37,46)(H,38,42)(H,39,44)/b14-8-/t25-,26-,28+,29+,35-,48?/m1/s1. The summed E-state index contributed by atoms with van der Waals surface area (Å²) in [7, 11) is -0.366. The molecule has 0 radical (unpaired) electrons. The van der Waals surface area contributed by atoms with E-state index in [0.29, 0.717) is 37.6 Å². The highest BCUT2D eigenvalue weighted by Crippen LogP contribution is 2.47. The minimum absolute atomic E-state index is 0.100. The molecule has 3 aliphatic heterocycles. The first-order valence-electron chi connectivity index (χ1n) is 17.4. The molecule has 1 unspecified atom stereocenters. The van der Waals surface area contributed by atoms with Crippen LogP contribution in [-0.4, -0.2) is 87.1 Å². The number of urea groups is 1. The molecule has 260 valence electrons. The first kappa shape index (κ1) is 34.0. The third-order valence-corrected chi connectivity index (χ3v) is 12.2. The maximum atomic E-state index is 14.2. The van der Waals surface area contributed by atoms with Gasteiger partial charge in [0.15, 0.2) is 0 Å². The molecule has 0 aromatic heterocycles. The van der Waals surface area contributed by atoms with Crippen molar-refractivity contribution in [3.8, 4) is 0 Å². The fourth-order valence-corrected chi connectivity index (χ4v) is 8.85. The van der Waals surface area contributed by atoms with Crippen molar-refractivity contribution in [2.75, 3.05) is 13.2 Å². The second-order valence-corrected chi connectivity index (χ2v) is 15.6. The number of benzene rings is 1. The molecule has 1 saturated heterocycles. The smallest absolute Gasteiger partial charge is 0.407 e. The van der Waals surface area contributed by atoms with E-state index in [-0.39, 0.29) is 48.1 Å². The van der Waals surface area contributed by atoms with E-state index in [1.54, 1.807) is 11.8 Å². The number of rotatable bonds is 6. The molecule has 13 heteroatoms. The van der Waals surface area contributed by atoms with Crippen molar-refractivity contribution in [3.05, 3.63) is 47.5 Å². The van der Waals surface area contributed by atoms with Crippen LogP contribution in [0.2, 0.25) is 0 Å². The maximum absolute atomic E-state index is 14.2. The number of amides is 6. The number of carbonyl (C=O) groups is 5. The number of nitrogens with zero attached hydrogens (tertiary/aromatic N) is 2. The monoisotopic (exact) mass is 680 g/mol. The maximum Gasteiger partial charge on any atom is 0.407 e. The molecule has 5 aliphatic rings. The third kappa shape index (κ3) is 7.55. The van der Waals surface area contributed by atoms with E-state index in [1.807, 2.05) is 42.6 Å². The third-order valence-electron chi connectivity index (χ3n) is 10.1. The number of hydrogen-bond acceptors (Lipinski definition) is 6. The summed E-state index contributed by atoms with van der Waals surface area (Å²) >= 11 is 0. The number of ether oxygens (including phenoxy) is 1. The van der Waals surface area contributed by atoms with Gasteiger partial charge in [0.2, 0.25) is 11.8 Å². The molecule has 2 aliphatic carbocycles. The number of alkyl carbamates (subject to hydrolysis) is 1. The summed E-state index contributed by atoms with van der Waals surface area (Å²) < 4.78 is 8.32. The van der Waals surface area contributed by atoms with Crippen molar-refractivity contribution in [2.24, 2.45) is 5.92 Å². The highest BCUT2D eigenvalue weighted by atomic mass is 32.2. The van der Waals surface area contributed by atoms with Gasteiger partial charge in [-0.25, -0.2) is 9.59 Å². The Morgan fingerprint density at radius 3 is 2.50 bits per heavy atom. The van der Waals surface area contributed by atoms with Gasteiger partial charge < -0.3 is 35.2 Å². The first-order valence-corrected chi connectivity index (χ1v) is 18.7. The predicted octanol–water partition coefficient (Wildman–Crippen LogP) is 3.48. The minimum Gasteiger partial charge on any atom is -0.450 e. The van der Waals surface area contributed by atoms with Crippen LogP contribution in [0.3, 0.4) is 0 Å². The molecule has 3 heterocycles. The molecule has 0 bridgehead atoms. The summed E-state index contributed by atoms with van der Waals surface area (Å²) in [6.45, 7) is 4.88. The van der Waals surface area contributed by atoms with E-state index in [1.165, 1.54) is 4.90 Å². The summed E-state index contributed by atoms with van der Waals surface area (Å²) in [5.74, 6) is -1.18. The van der Waals surface area contributed by atoms with Crippen molar-refractivity contribution in [1.82, 2.24) is 30.5 Å². The molecule has 0 spiro atoms. The highest BCUT2D eigenvalue weighted by Gasteiger charge is 2.61. The normalized spacial score (nSPS) is 30.0. The van der Waals surface area contributed by atoms with Crippen LogP contribution in [0.4, 0.5) is 9.59 Å². The van der Waals surface area contributed by atoms with E-state index in [0.717, 1.165) is 43.2 Å². The van der Waals surface area contributed by atoms with Crippen LogP contribution in [0.15, 0.2) is 36.4 Å². The molecule has 12 nitrogen and oxygen atoms in total. The molecular formula is C35H48N6O6S. The van der Waals surface area contributed by atoms with Crippen molar-refractivity contribution < 1.29 is 28.7 Å². The van der Waals surface area contributed by atoms with E-state index in [2.05, 4.69) is 26.7 Å². The number of allylic oxidation sites excluding steroid dienone is 1. The Bertz CT molecular complexity index is 1470. The Morgan fingerprint density at radius 2 is 1.81 bits per heavy atom. The average molecular weight is 681 g/mol. The van der Waals surface area contributed by atoms with E-state index in [9.17, 15) is 24.0 Å². The average Bonchev–Trinajstić information content (AvgIpc) is 3.94. The van der Waals surface area contributed by atoms with Crippen molar-refractivity contribution in [1.29, 1.82) is 0 Å². The topological polar surface area (TPSA) is 149 Å². The van der Waals surface area contributed by atoms with Crippen molar-refractivity contribution in [2.45, 2.75) is 114 Å². The van der Waals surface area contributed by atoms with E-state index < -0.39 is 41.6 Å². The number of nitrogens with one attached hydrogen (secondary N) is 4. The molecule has 1 aromatic carbocycles. The molecule has 4 N–H and O–H groups in total. The summed E-state index contributed by atoms with van der Waals surface area (Å²) in [6.07, 6.45) is 9.91. The molecule has 48 heavy (non-hydrogen) atoms. The van der Waals surface area contributed by atoms with Gasteiger partial charge in [0, 0.05) is 30.8 Å². The lowest BCUT2D eigenvalue weighted by molar-refractivity contribution is -0.141. The van der Waals surface area contributed by atoms with Crippen LogP contribution in [0.25, 0.3) is 0 Å². The van der Waals surface area contributed by atoms with Gasteiger partial charge >= 0.3 is 12.1 Å². The quantitative estimate of drug-likeness (QED) is 0.267. The van der Waals surface area contributed by atoms with Crippen LogP contribution in [0.5, 0.6) is 0 Å². The Kier molecular flexibility index (Phi) is 10.4. The zero-order chi connectivity index (χ0) is 33.8. The van der Waals surface area contributed by atoms with Crippen molar-refractivity contribution >= 4 is 45.9 Å². The minimum atomic E-state index is -1.10. The highest BCUT2D eigenvalue weighted by molar-refractivity contribution is 8.14. The van der Waals surface area contributed by atoms with Crippen LogP contribution < -0.4 is 20.7 Å². The number of fused-ring (bicyclic) bond motifs is 3.